The van der Waals surface area contributed by atoms with E-state index in [-0.39, 0.29) is 20.7 Å². The standard InChI is InChI=1S/C28H43F3Si/c1-2-3-6-17-32-18-15-25(16-19-32)24-12-9-22(10-13-24)7-4-5-8-23-11-14-26(27(30)20-23)28(31)21-29/h11,14,20-22,24-25,32H,2-10,12-13,15-19H2,1H3/t22-,24-,25-,32-. The van der Waals surface area contributed by atoms with Gasteiger partial charge in [-0.25, -0.2) is 13.2 Å². The molecule has 0 radical (unpaired) electrons. The van der Waals surface area contributed by atoms with Gasteiger partial charge >= 0.3 is 0 Å². The Hall–Kier alpha value is -1.03. The SMILES string of the molecule is CCCCC[Si@H]1CC[C@H]([C@H]2CC[C@H](CCCCc3ccc(C(F)=CF)c(F)c3)CC2)CC1. The monoisotopic (exact) mass is 464 g/mol. The lowest BCUT2D eigenvalue weighted by Gasteiger charge is -2.37. The molecule has 0 spiro atoms. The predicted molar refractivity (Wildman–Crippen MR) is 133 cm³/mol. The van der Waals surface area contributed by atoms with Crippen molar-refractivity contribution in [1.29, 1.82) is 0 Å². The molecule has 1 saturated carbocycles. The van der Waals surface area contributed by atoms with Gasteiger partial charge in [0.25, 0.3) is 0 Å². The predicted octanol–water partition coefficient (Wildman–Crippen LogP) is 9.41. The highest BCUT2D eigenvalue weighted by atomic mass is 28.3. The number of halogens is 3. The van der Waals surface area contributed by atoms with E-state index in [0.29, 0.717) is 0 Å². The van der Waals surface area contributed by atoms with Crippen molar-refractivity contribution >= 4 is 14.6 Å². The number of hydrogen-bond donors (Lipinski definition) is 0. The second-order valence-corrected chi connectivity index (χ2v) is 14.0. The van der Waals surface area contributed by atoms with Crippen LogP contribution in [-0.4, -0.2) is 8.80 Å². The van der Waals surface area contributed by atoms with Crippen LogP contribution in [0.3, 0.4) is 0 Å². The Labute approximate surface area is 195 Å². The minimum Gasteiger partial charge on any atom is -0.212 e. The van der Waals surface area contributed by atoms with Crippen LogP contribution in [0.2, 0.25) is 18.1 Å². The summed E-state index contributed by atoms with van der Waals surface area (Å²) in [6.45, 7) is 2.31. The minimum absolute atomic E-state index is 0.186. The van der Waals surface area contributed by atoms with E-state index in [2.05, 4.69) is 6.92 Å². The average molecular weight is 465 g/mol. The first-order valence-electron chi connectivity index (χ1n) is 13.3. The van der Waals surface area contributed by atoms with Crippen LogP contribution in [0, 0.1) is 23.6 Å². The van der Waals surface area contributed by atoms with Crippen molar-refractivity contribution < 1.29 is 13.2 Å². The minimum atomic E-state index is -1.15. The highest BCUT2D eigenvalue weighted by molar-refractivity contribution is 6.58. The Morgan fingerprint density at radius 2 is 1.69 bits per heavy atom. The van der Waals surface area contributed by atoms with Gasteiger partial charge in [0.1, 0.15) is 12.1 Å². The molecule has 1 aromatic rings. The molecule has 1 aliphatic heterocycles. The van der Waals surface area contributed by atoms with Gasteiger partial charge in [-0.3, -0.25) is 0 Å². The van der Waals surface area contributed by atoms with Crippen molar-refractivity contribution in [2.24, 2.45) is 17.8 Å². The fourth-order valence-corrected chi connectivity index (χ4v) is 9.84. The molecule has 0 atom stereocenters. The normalized spacial score (nSPS) is 26.9. The topological polar surface area (TPSA) is 0 Å². The second kappa shape index (κ2) is 13.6. The maximum absolute atomic E-state index is 13.9. The zero-order valence-electron chi connectivity index (χ0n) is 20.1. The van der Waals surface area contributed by atoms with E-state index in [1.165, 1.54) is 69.9 Å². The van der Waals surface area contributed by atoms with Gasteiger partial charge < -0.3 is 0 Å². The Morgan fingerprint density at radius 3 is 2.34 bits per heavy atom. The molecule has 0 amide bonds. The molecule has 1 heterocycles. The summed E-state index contributed by atoms with van der Waals surface area (Å²) in [5.74, 6) is 1.07. The van der Waals surface area contributed by atoms with Crippen molar-refractivity contribution in [2.75, 3.05) is 0 Å². The molecule has 0 bridgehead atoms. The molecular weight excluding hydrogens is 421 g/mol. The van der Waals surface area contributed by atoms with Gasteiger partial charge in [0, 0.05) is 14.4 Å². The third kappa shape index (κ3) is 7.78. The van der Waals surface area contributed by atoms with Crippen molar-refractivity contribution in [3.05, 3.63) is 41.5 Å². The van der Waals surface area contributed by atoms with Crippen molar-refractivity contribution in [3.8, 4) is 0 Å². The summed E-state index contributed by atoms with van der Waals surface area (Å²) in [5.41, 5.74) is 0.579. The van der Waals surface area contributed by atoms with Gasteiger partial charge in [-0.05, 0) is 61.1 Å². The molecule has 2 aliphatic rings. The number of hydrogen-bond acceptors (Lipinski definition) is 0. The molecule has 2 fully saturated rings. The quantitative estimate of drug-likeness (QED) is 0.226. The van der Waals surface area contributed by atoms with Gasteiger partial charge in [0.2, 0.25) is 0 Å². The first-order chi connectivity index (χ1) is 15.6. The van der Waals surface area contributed by atoms with E-state index < -0.39 is 11.6 Å². The van der Waals surface area contributed by atoms with Crippen LogP contribution in [0.1, 0.15) is 95.1 Å². The van der Waals surface area contributed by atoms with Crippen LogP contribution in [0.5, 0.6) is 0 Å². The number of rotatable bonds is 11. The molecule has 180 valence electrons. The van der Waals surface area contributed by atoms with Crippen molar-refractivity contribution in [2.45, 2.75) is 109 Å². The molecule has 1 aromatic carbocycles. The molecular formula is C28H43F3Si. The Morgan fingerprint density at radius 1 is 0.969 bits per heavy atom. The Bertz CT molecular complexity index is 701. The molecule has 0 nitrogen and oxygen atoms in total. The first-order valence-corrected chi connectivity index (χ1v) is 15.8. The van der Waals surface area contributed by atoms with Crippen LogP contribution in [0.15, 0.2) is 24.5 Å². The van der Waals surface area contributed by atoms with Gasteiger partial charge in [0.05, 0.1) is 0 Å². The smallest absolute Gasteiger partial charge is 0.161 e. The van der Waals surface area contributed by atoms with Crippen LogP contribution in [0.25, 0.3) is 5.83 Å². The zero-order valence-corrected chi connectivity index (χ0v) is 21.2. The lowest BCUT2D eigenvalue weighted by molar-refractivity contribution is 0.184. The third-order valence-electron chi connectivity index (χ3n) is 8.38. The Kier molecular flexibility index (Phi) is 10.9. The van der Waals surface area contributed by atoms with E-state index in [1.807, 2.05) is 0 Å². The van der Waals surface area contributed by atoms with E-state index in [1.54, 1.807) is 37.0 Å². The summed E-state index contributed by atoms with van der Waals surface area (Å²) >= 11 is 0. The lowest BCUT2D eigenvalue weighted by Crippen LogP contribution is -2.28. The largest absolute Gasteiger partial charge is 0.212 e. The molecule has 3 rings (SSSR count). The van der Waals surface area contributed by atoms with Gasteiger partial charge in [-0.15, -0.1) is 0 Å². The van der Waals surface area contributed by atoms with Gasteiger partial charge in [-0.2, -0.15) is 0 Å². The molecule has 0 unspecified atom stereocenters. The molecule has 1 aliphatic carbocycles. The molecule has 4 heteroatoms. The summed E-state index contributed by atoms with van der Waals surface area (Å²) in [6, 6.07) is 9.26. The summed E-state index contributed by atoms with van der Waals surface area (Å²) in [6.07, 6.45) is 17.2. The number of unbranched alkanes of at least 4 members (excludes halogenated alkanes) is 3. The highest BCUT2D eigenvalue weighted by Gasteiger charge is 2.30. The van der Waals surface area contributed by atoms with Crippen molar-refractivity contribution in [1.82, 2.24) is 0 Å². The van der Waals surface area contributed by atoms with Crippen LogP contribution in [-0.2, 0) is 6.42 Å². The van der Waals surface area contributed by atoms with E-state index in [9.17, 15) is 13.2 Å². The maximum atomic E-state index is 13.9. The van der Waals surface area contributed by atoms with Crippen LogP contribution in [0.4, 0.5) is 13.2 Å². The maximum Gasteiger partial charge on any atom is 0.161 e. The molecule has 1 saturated heterocycles. The first kappa shape index (κ1) is 25.6. The average Bonchev–Trinajstić information content (AvgIpc) is 2.82. The van der Waals surface area contributed by atoms with Gasteiger partial charge in [-0.1, -0.05) is 88.9 Å². The molecule has 32 heavy (non-hydrogen) atoms. The third-order valence-corrected chi connectivity index (χ3v) is 11.9. The van der Waals surface area contributed by atoms with Gasteiger partial charge in [0.15, 0.2) is 5.83 Å². The summed E-state index contributed by atoms with van der Waals surface area (Å²) in [4.78, 5) is 0. The van der Waals surface area contributed by atoms with Crippen LogP contribution < -0.4 is 0 Å². The molecule has 0 N–H and O–H groups in total. The zero-order chi connectivity index (χ0) is 22.8. The fraction of sp³-hybridized carbons (Fsp3) is 0.714. The molecule has 0 aromatic heterocycles. The highest BCUT2D eigenvalue weighted by Crippen LogP contribution is 2.42. The summed E-state index contributed by atoms with van der Waals surface area (Å²) < 4.78 is 39.4. The number of aryl methyl sites for hydroxylation is 1. The second-order valence-electron chi connectivity index (χ2n) is 10.6. The van der Waals surface area contributed by atoms with E-state index in [0.717, 1.165) is 36.2 Å². The Balaban J connectivity index is 1.29. The summed E-state index contributed by atoms with van der Waals surface area (Å²) in [5, 5.41) is 0. The van der Waals surface area contributed by atoms with E-state index in [4.69, 9.17) is 0 Å². The number of benzene rings is 1. The lowest BCUT2D eigenvalue weighted by atomic mass is 9.73. The van der Waals surface area contributed by atoms with Crippen LogP contribution >= 0.6 is 0 Å². The van der Waals surface area contributed by atoms with E-state index >= 15 is 0 Å². The fourth-order valence-electron chi connectivity index (χ4n) is 6.31. The summed E-state index contributed by atoms with van der Waals surface area (Å²) in [7, 11) is -0.383. The van der Waals surface area contributed by atoms with Crippen molar-refractivity contribution in [3.63, 3.8) is 0 Å².